The maximum atomic E-state index is 13.4. The van der Waals surface area contributed by atoms with Crippen molar-refractivity contribution in [3.05, 3.63) is 41.2 Å². The number of aromatic nitrogens is 3. The van der Waals surface area contributed by atoms with Gasteiger partial charge in [-0.3, -0.25) is 9.69 Å². The first-order valence-corrected chi connectivity index (χ1v) is 12.2. The van der Waals surface area contributed by atoms with Gasteiger partial charge in [-0.25, -0.2) is 9.97 Å². The number of amides is 1. The van der Waals surface area contributed by atoms with Gasteiger partial charge in [0.2, 0.25) is 5.95 Å². The number of nitrogens with one attached hydrogen (secondary N) is 1. The van der Waals surface area contributed by atoms with E-state index in [1.807, 2.05) is 24.3 Å². The molecule has 0 unspecified atom stereocenters. The smallest absolute Gasteiger partial charge is 0.393 e. The van der Waals surface area contributed by atoms with Crippen LogP contribution in [0.15, 0.2) is 30.5 Å². The second kappa shape index (κ2) is 9.21. The number of halogens is 3. The molecule has 0 radical (unpaired) electrons. The number of nitrogens with zero attached hydrogens (tertiary/aromatic N) is 6. The fourth-order valence-electron chi connectivity index (χ4n) is 4.33. The Bertz CT molecular complexity index is 1270. The Morgan fingerprint density at radius 3 is 2.53 bits per heavy atom. The van der Waals surface area contributed by atoms with Crippen LogP contribution in [0.3, 0.4) is 0 Å². The average molecular weight is 520 g/mol. The summed E-state index contributed by atoms with van der Waals surface area (Å²) >= 11 is 1.21. The summed E-state index contributed by atoms with van der Waals surface area (Å²) in [6.07, 6.45) is -2.19. The zero-order chi connectivity index (χ0) is 25.6. The number of hydrogen-bond donors (Lipinski definition) is 2. The molecule has 36 heavy (non-hydrogen) atoms. The molecule has 1 amide bonds. The zero-order valence-electron chi connectivity index (χ0n) is 19.6. The van der Waals surface area contributed by atoms with Crippen LogP contribution in [0, 0.1) is 6.92 Å². The van der Waals surface area contributed by atoms with Gasteiger partial charge in [-0.15, -0.1) is 11.3 Å². The number of carbonyl (C=O) groups is 1. The van der Waals surface area contributed by atoms with Crippen LogP contribution in [0.4, 0.5) is 47.0 Å². The van der Waals surface area contributed by atoms with Crippen LogP contribution in [0.2, 0.25) is 0 Å². The highest BCUT2D eigenvalue weighted by Gasteiger charge is 2.40. The molecule has 2 aliphatic heterocycles. The van der Waals surface area contributed by atoms with Crippen LogP contribution in [-0.4, -0.2) is 64.9 Å². The second-order valence-electron chi connectivity index (χ2n) is 8.74. The molecular weight excluding hydrogens is 495 g/mol. The molecule has 1 saturated heterocycles. The van der Waals surface area contributed by atoms with Gasteiger partial charge in [0.1, 0.15) is 17.2 Å². The van der Waals surface area contributed by atoms with Crippen molar-refractivity contribution in [1.29, 1.82) is 0 Å². The van der Waals surface area contributed by atoms with E-state index in [-0.39, 0.29) is 29.3 Å². The Balaban J connectivity index is 1.44. The van der Waals surface area contributed by atoms with Crippen LogP contribution in [0.5, 0.6) is 0 Å². The van der Waals surface area contributed by atoms with E-state index in [1.54, 1.807) is 18.9 Å². The molecule has 5 rings (SSSR count). The molecule has 4 heterocycles. The minimum absolute atomic E-state index is 0.0439. The number of carbonyl (C=O) groups excluding carboxylic acids is 1. The molecule has 0 saturated carbocycles. The number of alkyl halides is 3. The number of fused-ring (bicyclic) bond motifs is 2. The van der Waals surface area contributed by atoms with E-state index in [1.165, 1.54) is 17.5 Å². The lowest BCUT2D eigenvalue weighted by atomic mass is 10.1. The maximum Gasteiger partial charge on any atom is 0.406 e. The van der Waals surface area contributed by atoms with Gasteiger partial charge in [-0.2, -0.15) is 18.2 Å². The van der Waals surface area contributed by atoms with Gasteiger partial charge in [-0.05, 0) is 44.0 Å². The SMILES string of the molecule is Cc1nc2c(s1)N(C)c1nc(Nc3ccc(N4CCC(O)CC4)cc3)ncc1N(CC(F)(F)F)C2=O. The van der Waals surface area contributed by atoms with E-state index in [9.17, 15) is 23.1 Å². The van der Waals surface area contributed by atoms with E-state index in [4.69, 9.17) is 0 Å². The third-order valence-electron chi connectivity index (χ3n) is 6.12. The van der Waals surface area contributed by atoms with Crippen LogP contribution < -0.4 is 20.0 Å². The van der Waals surface area contributed by atoms with Gasteiger partial charge in [-0.1, -0.05) is 0 Å². The van der Waals surface area contributed by atoms with Crippen LogP contribution in [0.1, 0.15) is 28.3 Å². The van der Waals surface area contributed by atoms with Gasteiger partial charge in [0.15, 0.2) is 11.5 Å². The second-order valence-corrected chi connectivity index (χ2v) is 9.93. The lowest BCUT2D eigenvalue weighted by Gasteiger charge is -2.31. The Morgan fingerprint density at radius 2 is 1.86 bits per heavy atom. The first kappa shape index (κ1) is 24.3. The number of piperidine rings is 1. The standard InChI is InChI=1S/C23H24F3N7O2S/c1-13-28-18-20(35)33(12-23(24,25)26)17-11-27-22(30-19(17)31(2)21(18)36-13)29-14-3-5-15(6-4-14)32-9-7-16(34)8-10-32/h3-6,11,16,34H,7-10,12H2,1-2H3,(H,27,29,30). The minimum Gasteiger partial charge on any atom is -0.393 e. The third kappa shape index (κ3) is 4.80. The summed E-state index contributed by atoms with van der Waals surface area (Å²) in [6, 6.07) is 7.63. The topological polar surface area (TPSA) is 97.7 Å². The molecule has 1 fully saturated rings. The van der Waals surface area contributed by atoms with Crippen molar-refractivity contribution in [2.45, 2.75) is 32.0 Å². The number of hydrogen-bond acceptors (Lipinski definition) is 9. The van der Waals surface area contributed by atoms with Crippen LogP contribution >= 0.6 is 11.3 Å². The first-order valence-electron chi connectivity index (χ1n) is 11.4. The highest BCUT2D eigenvalue weighted by Crippen LogP contribution is 2.42. The summed E-state index contributed by atoms with van der Waals surface area (Å²) in [6.45, 7) is 1.77. The van der Waals surface area contributed by atoms with Crippen molar-refractivity contribution in [2.24, 2.45) is 0 Å². The highest BCUT2D eigenvalue weighted by atomic mass is 32.1. The third-order valence-corrected chi connectivity index (χ3v) is 7.16. The Kier molecular flexibility index (Phi) is 6.20. The average Bonchev–Trinajstić information content (AvgIpc) is 3.21. The number of aryl methyl sites for hydroxylation is 1. The summed E-state index contributed by atoms with van der Waals surface area (Å²) in [5.41, 5.74) is 1.64. The first-order chi connectivity index (χ1) is 17.1. The Morgan fingerprint density at radius 1 is 1.17 bits per heavy atom. The maximum absolute atomic E-state index is 13.4. The van der Waals surface area contributed by atoms with Gasteiger partial charge in [0.05, 0.1) is 17.3 Å². The Hall–Kier alpha value is -3.45. The summed E-state index contributed by atoms with van der Waals surface area (Å²) in [5.74, 6) is -0.503. The predicted molar refractivity (Wildman–Crippen MR) is 132 cm³/mol. The quantitative estimate of drug-likeness (QED) is 0.529. The van der Waals surface area contributed by atoms with Crippen LogP contribution in [-0.2, 0) is 0 Å². The number of aliphatic hydroxyl groups is 1. The van der Waals surface area contributed by atoms with E-state index in [2.05, 4.69) is 25.2 Å². The number of aliphatic hydroxyl groups excluding tert-OH is 1. The summed E-state index contributed by atoms with van der Waals surface area (Å²) in [7, 11) is 1.64. The largest absolute Gasteiger partial charge is 0.406 e. The molecule has 3 aromatic rings. The number of rotatable bonds is 4. The van der Waals surface area contributed by atoms with Crippen molar-refractivity contribution < 1.29 is 23.1 Å². The van der Waals surface area contributed by atoms with Crippen molar-refractivity contribution in [1.82, 2.24) is 15.0 Å². The minimum atomic E-state index is -4.62. The molecule has 1 aromatic carbocycles. The predicted octanol–water partition coefficient (Wildman–Crippen LogP) is 4.24. The zero-order valence-corrected chi connectivity index (χ0v) is 20.4. The Labute approximate surface area is 209 Å². The van der Waals surface area contributed by atoms with E-state index < -0.39 is 18.6 Å². The van der Waals surface area contributed by atoms with Crippen molar-refractivity contribution >= 4 is 51.1 Å². The summed E-state index contributed by atoms with van der Waals surface area (Å²) in [4.78, 5) is 30.3. The van der Waals surface area contributed by atoms with Gasteiger partial charge >= 0.3 is 6.18 Å². The van der Waals surface area contributed by atoms with E-state index >= 15 is 0 Å². The number of anilines is 6. The molecule has 2 aliphatic rings. The molecule has 2 aromatic heterocycles. The molecule has 0 spiro atoms. The van der Waals surface area contributed by atoms with Gasteiger partial charge in [0.25, 0.3) is 5.91 Å². The highest BCUT2D eigenvalue weighted by molar-refractivity contribution is 7.16. The van der Waals surface area contributed by atoms with Crippen molar-refractivity contribution in [2.75, 3.05) is 46.7 Å². The normalized spacial score (nSPS) is 16.6. The molecule has 0 aliphatic carbocycles. The molecule has 2 N–H and O–H groups in total. The van der Waals surface area contributed by atoms with Crippen molar-refractivity contribution in [3.63, 3.8) is 0 Å². The fraction of sp³-hybridized carbons (Fsp3) is 0.391. The number of thiazole rings is 1. The molecule has 0 bridgehead atoms. The molecule has 9 nitrogen and oxygen atoms in total. The summed E-state index contributed by atoms with van der Waals surface area (Å²) in [5, 5.41) is 13.8. The molecular formula is C23H24F3N7O2S. The number of benzene rings is 1. The monoisotopic (exact) mass is 519 g/mol. The van der Waals surface area contributed by atoms with Crippen LogP contribution in [0.25, 0.3) is 0 Å². The van der Waals surface area contributed by atoms with Gasteiger partial charge in [0, 0.05) is 31.5 Å². The van der Waals surface area contributed by atoms with E-state index in [0.717, 1.165) is 31.6 Å². The summed E-state index contributed by atoms with van der Waals surface area (Å²) < 4.78 is 40.1. The van der Waals surface area contributed by atoms with Gasteiger partial charge < -0.3 is 20.2 Å². The van der Waals surface area contributed by atoms with Crippen molar-refractivity contribution in [3.8, 4) is 0 Å². The lowest BCUT2D eigenvalue weighted by Crippen LogP contribution is -2.39. The fourth-order valence-corrected chi connectivity index (χ4v) is 5.20. The van der Waals surface area contributed by atoms with E-state index in [0.29, 0.717) is 20.6 Å². The molecule has 0 atom stereocenters. The molecule has 190 valence electrons. The molecule has 13 heteroatoms. The lowest BCUT2D eigenvalue weighted by molar-refractivity contribution is -0.118.